The number of halogens is 6. The molecule has 0 unspecified atom stereocenters. The standard InChI is InChI=1S/C25H31ClN6O2.C14H20ClN3O.C11H13N3O2.C10H11ClFNO.C7H4ClFO2/c1-16(2)28-24(33)18-5-6-21(19(26)13-18)31-10-8-30(9-11-31)15-17-12-20-23(27-14-17)32-7-3-4-22(32)25(34)29-20;1-10(2)17-14(19)11-3-4-13(12(15)9-11)18-7-5-16-6-8-18;15-6-7-4-8-10(12-5-7)14-3-1-2-9(14)11(16)13-8;1-6(2)13-10(14)7-3-4-9(12)8(11)5-7;8-5-3-4(7(10)11)1-2-6(5)9/h5-6,12-14,16,22H,3-4,7-11,15H2,1-2H3,(H,28,33)(H,29,34);3-4,9-10,16H,5-8H2,1-2H3,(H,17,19);4-5,9,15H,1-3,6H2,(H,13,16);3-6H,1-2H3,(H,13,14);1-3H,(H,10,11)/t22-;;9-;;/m0.0../s1. The molecule has 94 heavy (non-hydrogen) atoms. The van der Waals surface area contributed by atoms with E-state index in [1.165, 1.54) is 18.2 Å². The summed E-state index contributed by atoms with van der Waals surface area (Å²) in [5.41, 5.74) is 6.86. The Hall–Kier alpha value is -7.90. The fourth-order valence-electron chi connectivity index (χ4n) is 11.3. The van der Waals surface area contributed by atoms with Crippen molar-refractivity contribution in [3.8, 4) is 0 Å². The van der Waals surface area contributed by atoms with E-state index in [-0.39, 0.29) is 82.0 Å². The van der Waals surface area contributed by atoms with Crippen molar-refractivity contribution in [1.82, 2.24) is 36.1 Å². The number of hydrogen-bond donors (Lipinski definition) is 8. The zero-order valence-electron chi connectivity index (χ0n) is 53.2. The van der Waals surface area contributed by atoms with Crippen LogP contribution in [0.1, 0.15) is 120 Å². The molecule has 8 N–H and O–H groups in total. The van der Waals surface area contributed by atoms with Crippen LogP contribution >= 0.6 is 46.4 Å². The maximum Gasteiger partial charge on any atom is 0.335 e. The number of pyridine rings is 2. The van der Waals surface area contributed by atoms with Crippen LogP contribution in [0.5, 0.6) is 0 Å². The molecule has 0 saturated carbocycles. The van der Waals surface area contributed by atoms with Gasteiger partial charge in [-0.2, -0.15) is 0 Å². The van der Waals surface area contributed by atoms with Crippen molar-refractivity contribution in [2.75, 3.05) is 95.7 Å². The Balaban J connectivity index is 0.000000161. The van der Waals surface area contributed by atoms with E-state index in [1.807, 2.05) is 72.0 Å². The molecule has 4 fully saturated rings. The number of aromatic nitrogens is 2. The Morgan fingerprint density at radius 2 is 0.936 bits per heavy atom. The molecule has 0 bridgehead atoms. The number of benzene rings is 4. The largest absolute Gasteiger partial charge is 0.478 e. The number of nitrogens with zero attached hydrogens (tertiary/aromatic N) is 7. The van der Waals surface area contributed by atoms with E-state index in [4.69, 9.17) is 61.6 Å². The van der Waals surface area contributed by atoms with Gasteiger partial charge < -0.3 is 61.7 Å². The van der Waals surface area contributed by atoms with Gasteiger partial charge in [-0.05, 0) is 163 Å². The maximum absolute atomic E-state index is 12.8. The monoisotopic (exact) mass is 1370 g/mol. The minimum Gasteiger partial charge on any atom is -0.478 e. The molecule has 0 radical (unpaired) electrons. The summed E-state index contributed by atoms with van der Waals surface area (Å²) < 4.78 is 25.2. The lowest BCUT2D eigenvalue weighted by atomic mass is 10.1. The van der Waals surface area contributed by atoms with Crippen LogP contribution in [-0.2, 0) is 22.7 Å². The Bertz CT molecular complexity index is 3710. The molecule has 0 spiro atoms. The van der Waals surface area contributed by atoms with Crippen LogP contribution in [0.3, 0.4) is 0 Å². The van der Waals surface area contributed by atoms with Gasteiger partial charge in [0.15, 0.2) is 11.6 Å². The van der Waals surface area contributed by atoms with Gasteiger partial charge in [0.25, 0.3) is 17.7 Å². The predicted molar refractivity (Wildman–Crippen MR) is 365 cm³/mol. The lowest BCUT2D eigenvalue weighted by Crippen LogP contribution is -2.46. The molecule has 2 aromatic heterocycles. The van der Waals surface area contributed by atoms with E-state index in [0.29, 0.717) is 26.7 Å². The first-order valence-corrected chi connectivity index (χ1v) is 32.7. The third kappa shape index (κ3) is 19.2. The number of aromatic carboxylic acids is 1. The van der Waals surface area contributed by atoms with E-state index in [9.17, 15) is 37.5 Å². The first-order valence-electron chi connectivity index (χ1n) is 31.2. The molecule has 502 valence electrons. The Kier molecular flexibility index (Phi) is 25.6. The van der Waals surface area contributed by atoms with Crippen LogP contribution < -0.4 is 51.5 Å². The fraction of sp³-hybridized carbons (Fsp3) is 0.403. The number of nitrogens with one attached hydrogen (secondary N) is 6. The lowest BCUT2D eigenvalue weighted by molar-refractivity contribution is -0.118. The van der Waals surface area contributed by atoms with Gasteiger partial charge in [0.2, 0.25) is 11.8 Å². The number of anilines is 6. The molecule has 5 amide bonds. The summed E-state index contributed by atoms with van der Waals surface area (Å²) in [6, 6.07) is 22.2. The number of carboxylic acids is 1. The minimum absolute atomic E-state index is 0.0172. The van der Waals surface area contributed by atoms with Crippen LogP contribution in [-0.4, -0.2) is 156 Å². The average molecular weight is 1370 g/mol. The van der Waals surface area contributed by atoms with E-state index in [0.717, 1.165) is 161 Å². The van der Waals surface area contributed by atoms with Crippen LogP contribution in [0.2, 0.25) is 20.1 Å². The fourth-order valence-corrected chi connectivity index (χ4v) is 12.2. The molecule has 6 aliphatic rings. The number of rotatable bonds is 12. The van der Waals surface area contributed by atoms with Crippen molar-refractivity contribution in [1.29, 1.82) is 0 Å². The van der Waals surface area contributed by atoms with Crippen LogP contribution in [0.4, 0.5) is 43.2 Å². The van der Waals surface area contributed by atoms with Crippen LogP contribution in [0.25, 0.3) is 0 Å². The third-order valence-corrected chi connectivity index (χ3v) is 17.0. The number of hydrogen-bond acceptors (Lipinski definition) is 15. The number of carbonyl (C=O) groups excluding carboxylic acids is 5. The first kappa shape index (κ1) is 71.9. The molecule has 2 atom stereocenters. The number of carbonyl (C=O) groups is 6. The molecule has 27 heteroatoms. The molecule has 4 saturated heterocycles. The van der Waals surface area contributed by atoms with E-state index < -0.39 is 17.6 Å². The highest BCUT2D eigenvalue weighted by Crippen LogP contribution is 2.37. The van der Waals surface area contributed by atoms with Crippen LogP contribution in [0, 0.1) is 11.6 Å². The van der Waals surface area contributed by atoms with Crippen molar-refractivity contribution >= 4 is 116 Å². The predicted octanol–water partition coefficient (Wildman–Crippen LogP) is 10.3. The van der Waals surface area contributed by atoms with Gasteiger partial charge in [-0.1, -0.05) is 46.4 Å². The van der Waals surface area contributed by atoms with Crippen molar-refractivity contribution in [3.63, 3.8) is 0 Å². The number of carboxylic acid groups (broad SMARTS) is 1. The number of amides is 5. The SMILES string of the molecule is CC(C)NC(=O)c1ccc(F)c(Cl)c1.CC(C)NC(=O)c1ccc(N2CCN(Cc3cnc4c(c3)NC(=O)[C@@H]3CCCN43)CC2)c(Cl)c1.CC(C)NC(=O)c1ccc(N2CCNCC2)c(Cl)c1.O=C(O)c1ccc(F)c(Cl)c1.O=C1Nc2cc(CO)cnc2N2CCC[C@@H]12. The molecule has 21 nitrogen and oxygen atoms in total. The van der Waals surface area contributed by atoms with E-state index >= 15 is 0 Å². The lowest BCUT2D eigenvalue weighted by Gasteiger charge is -2.37. The van der Waals surface area contributed by atoms with Crippen molar-refractivity contribution in [2.45, 2.75) is 111 Å². The Labute approximate surface area is 565 Å². The topological polar surface area (TPSA) is 257 Å². The second kappa shape index (κ2) is 33.5. The quantitative estimate of drug-likeness (QED) is 0.0567. The molecule has 6 aliphatic heterocycles. The maximum atomic E-state index is 12.8. The third-order valence-electron chi connectivity index (χ3n) is 15.8. The normalized spacial score (nSPS) is 17.0. The number of piperazine rings is 2. The second-order valence-electron chi connectivity index (χ2n) is 24.0. The number of aliphatic hydroxyl groups is 1. The van der Waals surface area contributed by atoms with Gasteiger partial charge in [0.1, 0.15) is 23.7 Å². The smallest absolute Gasteiger partial charge is 0.335 e. The summed E-state index contributed by atoms with van der Waals surface area (Å²) in [5.74, 6) is -0.829. The van der Waals surface area contributed by atoms with Crippen LogP contribution in [0.15, 0.2) is 97.3 Å². The van der Waals surface area contributed by atoms with Gasteiger partial charge in [-0.15, -0.1) is 0 Å². The molecule has 4 aromatic carbocycles. The summed E-state index contributed by atoms with van der Waals surface area (Å²) in [5, 5.41) is 36.1. The highest BCUT2D eigenvalue weighted by molar-refractivity contribution is 6.34. The molecular weight excluding hydrogens is 1290 g/mol. The second-order valence-corrected chi connectivity index (χ2v) is 25.7. The van der Waals surface area contributed by atoms with Gasteiger partial charge in [-0.25, -0.2) is 23.5 Å². The molecule has 6 aromatic rings. The van der Waals surface area contributed by atoms with Gasteiger partial charge in [0.05, 0.1) is 55.0 Å². The molecular formula is C67H79Cl4F2N13O8. The van der Waals surface area contributed by atoms with Crippen molar-refractivity contribution in [3.05, 3.63) is 162 Å². The van der Waals surface area contributed by atoms with Crippen molar-refractivity contribution in [2.24, 2.45) is 0 Å². The van der Waals surface area contributed by atoms with E-state index in [2.05, 4.69) is 67.5 Å². The number of fused-ring (bicyclic) bond motifs is 6. The zero-order valence-corrected chi connectivity index (χ0v) is 56.2. The summed E-state index contributed by atoms with van der Waals surface area (Å²) >= 11 is 23.7. The van der Waals surface area contributed by atoms with Gasteiger partial charge >= 0.3 is 5.97 Å². The molecule has 12 rings (SSSR count). The van der Waals surface area contributed by atoms with E-state index in [1.54, 1.807) is 24.4 Å². The summed E-state index contributed by atoms with van der Waals surface area (Å²) in [7, 11) is 0. The zero-order chi connectivity index (χ0) is 67.9. The highest BCUT2D eigenvalue weighted by Gasteiger charge is 2.39. The summed E-state index contributed by atoms with van der Waals surface area (Å²) in [6.45, 7) is 21.3. The van der Waals surface area contributed by atoms with Gasteiger partial charge in [0, 0.05) is 119 Å². The molecule has 0 aliphatic carbocycles. The van der Waals surface area contributed by atoms with Crippen molar-refractivity contribution < 1.29 is 47.8 Å². The number of aliphatic hydroxyl groups excluding tert-OH is 1. The Morgan fingerprint density at radius 1 is 0.543 bits per heavy atom. The highest BCUT2D eigenvalue weighted by atomic mass is 35.5. The minimum atomic E-state index is -1.12. The first-order chi connectivity index (χ1) is 44.9. The summed E-state index contributed by atoms with van der Waals surface area (Å²) in [4.78, 5) is 90.2. The average Bonchev–Trinajstić information content (AvgIpc) is 1.52. The molecule has 8 heterocycles. The Morgan fingerprint density at radius 3 is 1.35 bits per heavy atom. The van der Waals surface area contributed by atoms with Gasteiger partial charge in [-0.3, -0.25) is 28.9 Å². The summed E-state index contributed by atoms with van der Waals surface area (Å²) in [6.07, 6.45) is 7.46.